The van der Waals surface area contributed by atoms with Crippen molar-refractivity contribution in [2.45, 2.75) is 30.7 Å². The molecule has 4 unspecified atom stereocenters. The maximum absolute atomic E-state index is 13.7. The third-order valence-electron chi connectivity index (χ3n) is 6.56. The molecule has 2 aliphatic rings. The molecular weight excluding hydrogens is 380 g/mol. The van der Waals surface area contributed by atoms with Gasteiger partial charge in [0, 0.05) is 36.8 Å². The van der Waals surface area contributed by atoms with E-state index in [1.54, 1.807) is 55.7 Å². The molecule has 0 N–H and O–H groups in total. The Bertz CT molecular complexity index is 1070. The minimum absolute atomic E-state index is 0.274. The van der Waals surface area contributed by atoms with Gasteiger partial charge >= 0.3 is 0 Å². The Kier molecular flexibility index (Phi) is 4.68. The lowest BCUT2D eigenvalue weighted by Crippen LogP contribution is -2.70. The molecule has 1 saturated heterocycles. The molecule has 0 saturated carbocycles. The van der Waals surface area contributed by atoms with Gasteiger partial charge in [0.25, 0.3) is 0 Å². The third-order valence-corrected chi connectivity index (χ3v) is 6.56. The summed E-state index contributed by atoms with van der Waals surface area (Å²) < 4.78 is 0. The highest BCUT2D eigenvalue weighted by molar-refractivity contribution is 6.10. The number of amides is 2. The molecule has 2 aromatic heterocycles. The summed E-state index contributed by atoms with van der Waals surface area (Å²) in [5, 5.41) is 0. The van der Waals surface area contributed by atoms with Gasteiger partial charge in [-0.1, -0.05) is 19.1 Å². The predicted octanol–water partition coefficient (Wildman–Crippen LogP) is 1.89. The summed E-state index contributed by atoms with van der Waals surface area (Å²) in [5.74, 6) is -2.05. The summed E-state index contributed by atoms with van der Waals surface area (Å²) in [7, 11) is 1.45. The molecule has 4 rings (SSSR count). The number of aromatic nitrogens is 2. The van der Waals surface area contributed by atoms with Crippen molar-refractivity contribution in [2.75, 3.05) is 7.05 Å². The Morgan fingerprint density at radius 2 is 1.57 bits per heavy atom. The van der Waals surface area contributed by atoms with E-state index in [0.717, 1.165) is 4.90 Å². The van der Waals surface area contributed by atoms with E-state index in [9.17, 15) is 14.4 Å². The van der Waals surface area contributed by atoms with Gasteiger partial charge in [-0.15, -0.1) is 0 Å². The van der Waals surface area contributed by atoms with Crippen molar-refractivity contribution in [1.82, 2.24) is 14.9 Å². The lowest BCUT2D eigenvalue weighted by atomic mass is 9.51. The Morgan fingerprint density at radius 3 is 2.13 bits per heavy atom. The number of rotatable bonds is 3. The van der Waals surface area contributed by atoms with Crippen molar-refractivity contribution >= 4 is 23.8 Å². The van der Waals surface area contributed by atoms with Gasteiger partial charge < -0.3 is 0 Å². The molecule has 4 heterocycles. The number of allylic oxidation sites excluding steroid dienone is 1. The number of hydrogen-bond donors (Lipinski definition) is 0. The number of dihydropyridines is 1. The zero-order valence-electron chi connectivity index (χ0n) is 17.0. The fraction of sp³-hybridized carbons (Fsp3) is 0.304. The molecule has 0 aromatic carbocycles. The van der Waals surface area contributed by atoms with E-state index in [-0.39, 0.29) is 5.78 Å². The van der Waals surface area contributed by atoms with Crippen molar-refractivity contribution in [2.24, 2.45) is 10.9 Å². The molecule has 0 bridgehead atoms. The van der Waals surface area contributed by atoms with E-state index in [0.29, 0.717) is 11.4 Å². The van der Waals surface area contributed by atoms with Crippen LogP contribution < -0.4 is 0 Å². The van der Waals surface area contributed by atoms with E-state index in [1.807, 2.05) is 13.0 Å². The largest absolute Gasteiger partial charge is 0.292 e. The Hall–Kier alpha value is -3.48. The van der Waals surface area contributed by atoms with Gasteiger partial charge in [-0.2, -0.15) is 0 Å². The molecule has 7 nitrogen and oxygen atoms in total. The summed E-state index contributed by atoms with van der Waals surface area (Å²) in [6, 6.07) is 9.75. The van der Waals surface area contributed by atoms with Crippen molar-refractivity contribution in [3.8, 4) is 0 Å². The van der Waals surface area contributed by atoms with E-state index in [2.05, 4.69) is 15.0 Å². The fourth-order valence-corrected chi connectivity index (χ4v) is 4.70. The van der Waals surface area contributed by atoms with Gasteiger partial charge in [-0.05, 0) is 43.3 Å². The molecule has 0 radical (unpaired) electrons. The van der Waals surface area contributed by atoms with Gasteiger partial charge in [-0.3, -0.25) is 34.2 Å². The average molecular weight is 402 g/mol. The molecular formula is C23H22N4O3. The highest BCUT2D eigenvalue weighted by Gasteiger charge is 2.67. The van der Waals surface area contributed by atoms with Crippen molar-refractivity contribution < 1.29 is 14.4 Å². The number of likely N-dealkylation sites (tertiary alicyclic amines) is 1. The van der Waals surface area contributed by atoms with Gasteiger partial charge in [0.05, 0.1) is 11.6 Å². The fourth-order valence-electron chi connectivity index (χ4n) is 4.70. The first-order valence-corrected chi connectivity index (χ1v) is 9.72. The number of ketones is 1. The first kappa shape index (κ1) is 19.8. The second-order valence-corrected chi connectivity index (χ2v) is 7.94. The molecule has 4 atom stereocenters. The minimum atomic E-state index is -1.26. The molecule has 0 aliphatic carbocycles. The number of carbonyl (C=O) groups is 3. The van der Waals surface area contributed by atoms with E-state index in [4.69, 9.17) is 0 Å². The van der Waals surface area contributed by atoms with Crippen molar-refractivity contribution in [1.29, 1.82) is 0 Å². The van der Waals surface area contributed by atoms with Crippen LogP contribution in [0.2, 0.25) is 0 Å². The zero-order valence-corrected chi connectivity index (χ0v) is 17.0. The van der Waals surface area contributed by atoms with Gasteiger partial charge in [0.2, 0.25) is 11.8 Å². The van der Waals surface area contributed by atoms with Crippen LogP contribution in [0.25, 0.3) is 0 Å². The maximum atomic E-state index is 13.7. The zero-order chi connectivity index (χ0) is 21.5. The predicted molar refractivity (Wildman–Crippen MR) is 111 cm³/mol. The van der Waals surface area contributed by atoms with Crippen LogP contribution >= 0.6 is 0 Å². The number of pyridine rings is 2. The maximum Gasteiger partial charge on any atom is 0.241 e. The van der Waals surface area contributed by atoms with Crippen LogP contribution in [0.5, 0.6) is 0 Å². The summed E-state index contributed by atoms with van der Waals surface area (Å²) in [5.41, 5.74) is -1.38. The van der Waals surface area contributed by atoms with Gasteiger partial charge in [-0.25, -0.2) is 0 Å². The van der Waals surface area contributed by atoms with E-state index in [1.165, 1.54) is 19.3 Å². The van der Waals surface area contributed by atoms with Crippen LogP contribution in [0.4, 0.5) is 0 Å². The van der Waals surface area contributed by atoms with Crippen LogP contribution in [0.3, 0.4) is 0 Å². The van der Waals surface area contributed by atoms with Crippen molar-refractivity contribution in [3.63, 3.8) is 0 Å². The molecule has 0 spiro atoms. The smallest absolute Gasteiger partial charge is 0.241 e. The summed E-state index contributed by atoms with van der Waals surface area (Å²) in [6.45, 7) is 3.59. The molecule has 30 heavy (non-hydrogen) atoms. The topological polar surface area (TPSA) is 92.6 Å². The number of likely N-dealkylation sites (N-methyl/N-ethyl adjacent to an activating group) is 1. The third kappa shape index (κ3) is 2.58. The van der Waals surface area contributed by atoms with Crippen LogP contribution in [0.15, 0.2) is 65.9 Å². The summed E-state index contributed by atoms with van der Waals surface area (Å²) in [4.78, 5) is 54.4. The average Bonchev–Trinajstić information content (AvgIpc) is 2.79. The molecule has 2 aromatic rings. The Labute approximate surface area is 174 Å². The normalized spacial score (nSPS) is 31.3. The molecule has 2 aliphatic heterocycles. The first-order valence-electron chi connectivity index (χ1n) is 9.72. The monoisotopic (exact) mass is 402 g/mol. The summed E-state index contributed by atoms with van der Waals surface area (Å²) in [6.07, 6.45) is 7.72. The number of piperidine rings is 1. The number of aliphatic imine (C=N–C) groups is 1. The molecule has 1 fully saturated rings. The first-order chi connectivity index (χ1) is 14.3. The lowest BCUT2D eigenvalue weighted by molar-refractivity contribution is -0.163. The molecule has 2 amide bonds. The van der Waals surface area contributed by atoms with Crippen LogP contribution in [-0.2, 0) is 25.2 Å². The Balaban J connectivity index is 2.05. The SMILES string of the molecule is CN1C(=O)C(C2N=CC=CC2=O)C(C)(c2ccccn2)C(C)(c2ccccn2)C1=O. The molecule has 152 valence electrons. The number of hydrogen-bond acceptors (Lipinski definition) is 6. The molecule has 7 heteroatoms. The Morgan fingerprint density at radius 1 is 0.933 bits per heavy atom. The van der Waals surface area contributed by atoms with E-state index >= 15 is 0 Å². The minimum Gasteiger partial charge on any atom is -0.292 e. The second kappa shape index (κ2) is 7.09. The second-order valence-electron chi connectivity index (χ2n) is 7.94. The van der Waals surface area contributed by atoms with Crippen molar-refractivity contribution in [3.05, 3.63) is 72.3 Å². The van der Waals surface area contributed by atoms with Crippen LogP contribution in [0, 0.1) is 5.92 Å². The highest BCUT2D eigenvalue weighted by Crippen LogP contribution is 2.53. The lowest BCUT2D eigenvalue weighted by Gasteiger charge is -2.54. The summed E-state index contributed by atoms with van der Waals surface area (Å²) >= 11 is 0. The van der Waals surface area contributed by atoms with Crippen LogP contribution in [0.1, 0.15) is 25.2 Å². The number of nitrogens with zero attached hydrogens (tertiary/aromatic N) is 4. The van der Waals surface area contributed by atoms with Gasteiger partial charge in [0.15, 0.2) is 5.78 Å². The number of carbonyl (C=O) groups excluding carboxylic acids is 3. The highest BCUT2D eigenvalue weighted by atomic mass is 16.2. The number of imide groups is 1. The van der Waals surface area contributed by atoms with Crippen LogP contribution in [-0.4, -0.2) is 51.8 Å². The van der Waals surface area contributed by atoms with E-state index < -0.39 is 34.6 Å². The standard InChI is InChI=1S/C23H22N4O3/c1-22(16-10-4-6-12-24-16)18(19-15(28)9-8-14-26-19)20(29)27(3)21(30)23(22,2)17-11-5-7-13-25-17/h4-14,18-19H,1-3H3. The quantitative estimate of drug-likeness (QED) is 0.731. The van der Waals surface area contributed by atoms with Gasteiger partial charge in [0.1, 0.15) is 11.5 Å².